The molecule has 0 fully saturated rings. The predicted octanol–water partition coefficient (Wildman–Crippen LogP) is 3.08. The normalized spacial score (nSPS) is 17.9. The maximum absolute atomic E-state index is 13.8. The van der Waals surface area contributed by atoms with E-state index in [1.807, 2.05) is 18.2 Å². The van der Waals surface area contributed by atoms with Gasteiger partial charge in [-0.15, -0.1) is 0 Å². The average Bonchev–Trinajstić information content (AvgIpc) is 2.90. The van der Waals surface area contributed by atoms with Gasteiger partial charge >= 0.3 is 0 Å². The van der Waals surface area contributed by atoms with Gasteiger partial charge in [0.25, 0.3) is 0 Å². The number of halogens is 2. The van der Waals surface area contributed by atoms with Gasteiger partial charge in [-0.25, -0.2) is 13.8 Å². The lowest BCUT2D eigenvalue weighted by atomic mass is 9.94. The number of hydrogen-bond acceptors (Lipinski definition) is 2. The minimum Gasteiger partial charge on any atom is -0.340 e. The molecule has 1 atom stereocenters. The predicted molar refractivity (Wildman–Crippen MR) is 76.0 cm³/mol. The molecule has 21 heavy (non-hydrogen) atoms. The summed E-state index contributed by atoms with van der Waals surface area (Å²) in [6, 6.07) is 10.1. The molecule has 0 amide bonds. The number of nitrogens with zero attached hydrogens (tertiary/aromatic N) is 1. The molecule has 2 heterocycles. The van der Waals surface area contributed by atoms with E-state index in [1.54, 1.807) is 0 Å². The molecule has 0 aliphatic carbocycles. The van der Waals surface area contributed by atoms with Crippen LogP contribution in [0.15, 0.2) is 36.4 Å². The number of benzene rings is 2. The molecule has 3 aromatic rings. The van der Waals surface area contributed by atoms with E-state index >= 15 is 0 Å². The van der Waals surface area contributed by atoms with Gasteiger partial charge in [0.05, 0.1) is 11.6 Å². The van der Waals surface area contributed by atoms with Crippen molar-refractivity contribution in [1.29, 1.82) is 0 Å². The zero-order valence-electron chi connectivity index (χ0n) is 11.2. The van der Waals surface area contributed by atoms with Crippen LogP contribution in [-0.4, -0.2) is 16.5 Å². The fourth-order valence-corrected chi connectivity index (χ4v) is 2.95. The second-order valence-corrected chi connectivity index (χ2v) is 5.24. The first-order chi connectivity index (χ1) is 10.2. The van der Waals surface area contributed by atoms with Crippen LogP contribution in [0.2, 0.25) is 0 Å². The molecule has 2 aromatic carbocycles. The van der Waals surface area contributed by atoms with Crippen LogP contribution in [0, 0.1) is 11.6 Å². The monoisotopic (exact) mass is 285 g/mol. The van der Waals surface area contributed by atoms with Crippen molar-refractivity contribution in [2.24, 2.45) is 0 Å². The Balaban J connectivity index is 1.86. The number of nitrogens with one attached hydrogen (secondary N) is 2. The summed E-state index contributed by atoms with van der Waals surface area (Å²) < 4.78 is 27.1. The molecule has 0 saturated heterocycles. The van der Waals surface area contributed by atoms with Crippen molar-refractivity contribution in [3.05, 3.63) is 65.0 Å². The third-order valence-electron chi connectivity index (χ3n) is 3.91. The van der Waals surface area contributed by atoms with E-state index < -0.39 is 11.6 Å². The summed E-state index contributed by atoms with van der Waals surface area (Å²) in [6.45, 7) is 0.829. The number of hydrogen-bond donors (Lipinski definition) is 2. The molecule has 106 valence electrons. The van der Waals surface area contributed by atoms with Gasteiger partial charge in [-0.3, -0.25) is 0 Å². The number of H-pyrrole nitrogens is 1. The lowest BCUT2D eigenvalue weighted by molar-refractivity contribution is 0.548. The van der Waals surface area contributed by atoms with Crippen molar-refractivity contribution >= 4 is 11.0 Å². The van der Waals surface area contributed by atoms with Crippen molar-refractivity contribution in [1.82, 2.24) is 15.3 Å². The highest BCUT2D eigenvalue weighted by atomic mass is 19.1. The van der Waals surface area contributed by atoms with Crippen LogP contribution in [-0.2, 0) is 6.42 Å². The summed E-state index contributed by atoms with van der Waals surface area (Å²) in [5.74, 6) is -0.634. The first kappa shape index (κ1) is 12.5. The summed E-state index contributed by atoms with van der Waals surface area (Å²) in [5, 5.41) is 3.38. The average molecular weight is 285 g/mol. The number of aromatic amines is 1. The van der Waals surface area contributed by atoms with Gasteiger partial charge in [0, 0.05) is 12.6 Å². The second kappa shape index (κ2) is 4.63. The Morgan fingerprint density at radius 2 is 2.00 bits per heavy atom. The lowest BCUT2D eigenvalue weighted by Crippen LogP contribution is -2.31. The first-order valence-electron chi connectivity index (χ1n) is 6.88. The van der Waals surface area contributed by atoms with Crippen molar-refractivity contribution in [3.63, 3.8) is 0 Å². The maximum Gasteiger partial charge on any atom is 0.153 e. The number of aromatic nitrogens is 2. The Labute approximate surface area is 120 Å². The van der Waals surface area contributed by atoms with Crippen molar-refractivity contribution < 1.29 is 8.78 Å². The number of fused-ring (bicyclic) bond motifs is 2. The Kier molecular flexibility index (Phi) is 2.75. The highest BCUT2D eigenvalue weighted by molar-refractivity contribution is 5.76. The van der Waals surface area contributed by atoms with E-state index in [9.17, 15) is 8.78 Å². The molecule has 1 aromatic heterocycles. The molecular formula is C16H13F2N3. The summed E-state index contributed by atoms with van der Waals surface area (Å²) in [7, 11) is 0. The third-order valence-corrected chi connectivity index (χ3v) is 3.91. The molecular weight excluding hydrogens is 272 g/mol. The molecule has 5 heteroatoms. The van der Waals surface area contributed by atoms with E-state index in [2.05, 4.69) is 21.4 Å². The lowest BCUT2D eigenvalue weighted by Gasteiger charge is -2.25. The molecule has 4 rings (SSSR count). The first-order valence-corrected chi connectivity index (χ1v) is 6.88. The maximum atomic E-state index is 13.8. The van der Waals surface area contributed by atoms with Gasteiger partial charge in [-0.2, -0.15) is 0 Å². The van der Waals surface area contributed by atoms with Crippen LogP contribution in [0.25, 0.3) is 11.0 Å². The van der Waals surface area contributed by atoms with Gasteiger partial charge in [0.15, 0.2) is 5.82 Å². The van der Waals surface area contributed by atoms with E-state index in [0.29, 0.717) is 11.3 Å². The standard InChI is InChI=1S/C16H13F2N3/c17-10-7-12(18)15-13(8-10)20-16(21-15)14-11-4-2-1-3-9(11)5-6-19-14/h1-4,7-8,14,19H,5-6H2,(H,20,21). The summed E-state index contributed by atoms with van der Waals surface area (Å²) in [4.78, 5) is 7.35. The topological polar surface area (TPSA) is 40.7 Å². The van der Waals surface area contributed by atoms with Crippen LogP contribution in [0.3, 0.4) is 0 Å². The Hall–Kier alpha value is -2.27. The molecule has 2 N–H and O–H groups in total. The van der Waals surface area contributed by atoms with Crippen molar-refractivity contribution in [2.75, 3.05) is 6.54 Å². The zero-order valence-corrected chi connectivity index (χ0v) is 11.2. The Morgan fingerprint density at radius 1 is 1.14 bits per heavy atom. The quantitative estimate of drug-likeness (QED) is 0.721. The number of rotatable bonds is 1. The molecule has 0 bridgehead atoms. The van der Waals surface area contributed by atoms with Gasteiger partial charge in [-0.1, -0.05) is 24.3 Å². The smallest absolute Gasteiger partial charge is 0.153 e. The van der Waals surface area contributed by atoms with Crippen LogP contribution < -0.4 is 5.32 Å². The summed E-state index contributed by atoms with van der Waals surface area (Å²) >= 11 is 0. The summed E-state index contributed by atoms with van der Waals surface area (Å²) in [5.41, 5.74) is 2.95. The van der Waals surface area contributed by atoms with Crippen LogP contribution in [0.5, 0.6) is 0 Å². The molecule has 1 aliphatic heterocycles. The van der Waals surface area contributed by atoms with Crippen LogP contribution in [0.4, 0.5) is 8.78 Å². The van der Waals surface area contributed by atoms with E-state index in [-0.39, 0.29) is 11.6 Å². The third kappa shape index (κ3) is 2.01. The van der Waals surface area contributed by atoms with Gasteiger partial charge in [-0.05, 0) is 23.6 Å². The molecule has 0 saturated carbocycles. The highest BCUT2D eigenvalue weighted by Gasteiger charge is 2.24. The minimum absolute atomic E-state index is 0.121. The van der Waals surface area contributed by atoms with E-state index in [4.69, 9.17) is 0 Å². The molecule has 0 radical (unpaired) electrons. The molecule has 0 spiro atoms. The van der Waals surface area contributed by atoms with Crippen molar-refractivity contribution in [3.8, 4) is 0 Å². The van der Waals surface area contributed by atoms with Crippen LogP contribution in [0.1, 0.15) is 23.0 Å². The van der Waals surface area contributed by atoms with Gasteiger partial charge in [0.1, 0.15) is 17.2 Å². The second-order valence-electron chi connectivity index (χ2n) is 5.24. The van der Waals surface area contributed by atoms with Crippen LogP contribution >= 0.6 is 0 Å². The largest absolute Gasteiger partial charge is 0.340 e. The highest BCUT2D eigenvalue weighted by Crippen LogP contribution is 2.29. The van der Waals surface area contributed by atoms with E-state index in [1.165, 1.54) is 11.6 Å². The van der Waals surface area contributed by atoms with Gasteiger partial charge in [0.2, 0.25) is 0 Å². The fourth-order valence-electron chi connectivity index (χ4n) is 2.95. The molecule has 1 unspecified atom stereocenters. The SMILES string of the molecule is Fc1cc(F)c2nc(C3NCCc4ccccc43)[nH]c2c1. The Bertz CT molecular complexity index is 826. The molecule has 1 aliphatic rings. The van der Waals surface area contributed by atoms with Crippen molar-refractivity contribution in [2.45, 2.75) is 12.5 Å². The zero-order chi connectivity index (χ0) is 14.4. The molecule has 3 nitrogen and oxygen atoms in total. The fraction of sp³-hybridized carbons (Fsp3) is 0.188. The van der Waals surface area contributed by atoms with E-state index in [0.717, 1.165) is 24.6 Å². The van der Waals surface area contributed by atoms with Gasteiger partial charge < -0.3 is 10.3 Å². The summed E-state index contributed by atoms with van der Waals surface area (Å²) in [6.07, 6.45) is 0.954. The Morgan fingerprint density at radius 3 is 2.90 bits per heavy atom. The number of imidazole rings is 1. The minimum atomic E-state index is -0.642.